The van der Waals surface area contributed by atoms with Crippen LogP contribution in [0.1, 0.15) is 148 Å². The summed E-state index contributed by atoms with van der Waals surface area (Å²) in [6, 6.07) is 39.8. The predicted molar refractivity (Wildman–Crippen MR) is 316 cm³/mol. The molecule has 1 aliphatic heterocycles. The van der Waals surface area contributed by atoms with Crippen LogP contribution in [-0.4, -0.2) is 65.9 Å². The Morgan fingerprint density at radius 1 is 0.724 bits per heavy atom. The van der Waals surface area contributed by atoms with E-state index in [9.17, 15) is 60.1 Å². The van der Waals surface area contributed by atoms with Crippen molar-refractivity contribution in [3.05, 3.63) is 150 Å². The van der Waals surface area contributed by atoms with Gasteiger partial charge in [-0.2, -0.15) is 14.0 Å². The molecule has 87 heavy (non-hydrogen) atoms. The van der Waals surface area contributed by atoms with Gasteiger partial charge in [0.1, 0.15) is 32.8 Å². The molecule has 7 atom stereocenters. The van der Waals surface area contributed by atoms with Gasteiger partial charge in [0.2, 0.25) is 17.4 Å². The first-order valence-corrected chi connectivity index (χ1v) is 32.6. The molecule has 1 heterocycles. The van der Waals surface area contributed by atoms with Crippen LogP contribution in [0, 0.1) is 86.4 Å². The summed E-state index contributed by atoms with van der Waals surface area (Å²) in [5.74, 6) is -11.1. The van der Waals surface area contributed by atoms with Gasteiger partial charge < -0.3 is 28.6 Å². The molecule has 0 aromatic heterocycles. The average Bonchev–Trinajstić information content (AvgIpc) is 1.56. The lowest BCUT2D eigenvalue weighted by Gasteiger charge is -2.60. The lowest BCUT2D eigenvalue weighted by atomic mass is 9.49. The van der Waals surface area contributed by atoms with Crippen molar-refractivity contribution in [2.24, 2.45) is 51.8 Å². The second kappa shape index (κ2) is 26.6. The van der Waals surface area contributed by atoms with E-state index in [2.05, 4.69) is 110 Å². The number of ether oxygens (including phenoxy) is 4. The first-order chi connectivity index (χ1) is 41.1. The number of esters is 4. The van der Waals surface area contributed by atoms with Gasteiger partial charge in [0.15, 0.2) is 31.7 Å². The van der Waals surface area contributed by atoms with Gasteiger partial charge in [0, 0.05) is 11.8 Å². The van der Waals surface area contributed by atoms with Gasteiger partial charge in [-0.05, 0) is 176 Å². The van der Waals surface area contributed by atoms with E-state index in [-0.39, 0.29) is 51.2 Å². The Hall–Kier alpha value is -6.59. The first-order valence-electron chi connectivity index (χ1n) is 29.9. The highest BCUT2D eigenvalue weighted by atomic mass is 32.2. The van der Waals surface area contributed by atoms with E-state index in [1.165, 1.54) is 58.9 Å². The SMILES string of the molecule is CCC(C)(C)C(=O)OC1(CC)C2CC3CC(C2)CC1C3.CCC(C)(C)C(=O)OC1C2CC3C1OC(=O)C3(C#N)C2O.CCC(C)c1ccc(C(=O)Oc2c(F)c(F)c(S(=O)(=O)[O-])c(F)c2F)cc1.c1ccc([S+](c2ccccc2)c2ccccc2)cc1. The molecule has 0 spiro atoms. The summed E-state index contributed by atoms with van der Waals surface area (Å²) < 4.78 is 109. The highest BCUT2D eigenvalue weighted by Crippen LogP contribution is 2.63. The number of rotatable bonds is 15. The van der Waals surface area contributed by atoms with Crippen molar-refractivity contribution in [2.45, 2.75) is 176 Å². The molecule has 12 rings (SSSR count). The zero-order chi connectivity index (χ0) is 63.6. The third kappa shape index (κ3) is 13.1. The van der Waals surface area contributed by atoms with Crippen LogP contribution in [0.2, 0.25) is 0 Å². The Morgan fingerprint density at radius 2 is 1.18 bits per heavy atom. The number of carbonyl (C=O) groups is 4. The van der Waals surface area contributed by atoms with E-state index in [1.54, 1.807) is 26.0 Å². The molecule has 6 aliphatic carbocycles. The minimum atomic E-state index is -5.84. The molecular weight excluding hydrogens is 1160 g/mol. The van der Waals surface area contributed by atoms with Crippen molar-refractivity contribution in [3.63, 3.8) is 0 Å². The first kappa shape index (κ1) is 66.4. The van der Waals surface area contributed by atoms with Crippen LogP contribution >= 0.6 is 0 Å². The number of halogens is 4. The van der Waals surface area contributed by atoms with Crippen molar-refractivity contribution in [3.8, 4) is 11.8 Å². The van der Waals surface area contributed by atoms with Crippen molar-refractivity contribution >= 4 is 44.9 Å². The van der Waals surface area contributed by atoms with Crippen molar-refractivity contribution < 1.29 is 73.8 Å². The molecule has 6 bridgehead atoms. The summed E-state index contributed by atoms with van der Waals surface area (Å²) in [5, 5.41) is 19.7. The number of carbonyl (C=O) groups excluding carboxylic acids is 4. The molecule has 1 N–H and O–H groups in total. The molecule has 0 radical (unpaired) electrons. The Morgan fingerprint density at radius 3 is 1.60 bits per heavy atom. The normalized spacial score (nSPS) is 26.6. The minimum Gasteiger partial charge on any atom is -0.744 e. The summed E-state index contributed by atoms with van der Waals surface area (Å²) in [7, 11) is -5.86. The largest absolute Gasteiger partial charge is 0.744 e. The van der Waals surface area contributed by atoms with Gasteiger partial charge in [-0.1, -0.05) is 101 Å². The second-order valence-corrected chi connectivity index (χ2v) is 28.4. The van der Waals surface area contributed by atoms with Crippen LogP contribution in [0.15, 0.2) is 135 Å². The van der Waals surface area contributed by atoms with Crippen molar-refractivity contribution in [1.82, 2.24) is 0 Å². The van der Waals surface area contributed by atoms with Crippen LogP contribution in [0.4, 0.5) is 17.6 Å². The zero-order valence-electron chi connectivity index (χ0n) is 50.5. The topological polar surface area (TPSA) is 206 Å². The van der Waals surface area contributed by atoms with Gasteiger partial charge in [-0.25, -0.2) is 22.0 Å². The van der Waals surface area contributed by atoms with Gasteiger partial charge >= 0.3 is 23.9 Å². The molecule has 7 unspecified atom stereocenters. The lowest BCUT2D eigenvalue weighted by Crippen LogP contribution is -2.60. The van der Waals surface area contributed by atoms with E-state index < -0.39 is 91.0 Å². The van der Waals surface area contributed by atoms with Crippen LogP contribution in [0.5, 0.6) is 5.75 Å². The fourth-order valence-corrected chi connectivity index (χ4v) is 16.1. The predicted octanol–water partition coefficient (Wildman–Crippen LogP) is 14.0. The highest BCUT2D eigenvalue weighted by Gasteiger charge is 2.77. The summed E-state index contributed by atoms with van der Waals surface area (Å²) in [6.45, 7) is 17.7. The van der Waals surface area contributed by atoms with Crippen LogP contribution in [0.3, 0.4) is 0 Å². The number of aliphatic hydroxyl groups is 1. The minimum absolute atomic E-state index is 0.0146. The lowest BCUT2D eigenvalue weighted by molar-refractivity contribution is -0.218. The summed E-state index contributed by atoms with van der Waals surface area (Å²) >= 11 is 0. The Balaban J connectivity index is 0.000000152. The summed E-state index contributed by atoms with van der Waals surface area (Å²) in [5.41, 5.74) is -1.83. The van der Waals surface area contributed by atoms with E-state index in [0.717, 1.165) is 36.7 Å². The number of nitriles is 1. The van der Waals surface area contributed by atoms with Gasteiger partial charge in [0.25, 0.3) is 0 Å². The molecule has 1 saturated heterocycles. The number of nitrogens with zero attached hydrogens (tertiary/aromatic N) is 1. The monoisotopic (exact) mass is 1240 g/mol. The zero-order valence-corrected chi connectivity index (χ0v) is 52.2. The van der Waals surface area contributed by atoms with E-state index in [1.807, 2.05) is 40.7 Å². The third-order valence-corrected chi connectivity index (χ3v) is 22.3. The van der Waals surface area contributed by atoms with Crippen LogP contribution in [-0.2, 0) is 49.6 Å². The van der Waals surface area contributed by atoms with Crippen LogP contribution in [0.25, 0.3) is 0 Å². The van der Waals surface area contributed by atoms with Gasteiger partial charge in [0.05, 0.1) is 39.5 Å². The maximum Gasteiger partial charge on any atom is 0.343 e. The van der Waals surface area contributed by atoms with E-state index in [0.29, 0.717) is 24.7 Å². The molecule has 7 fully saturated rings. The standard InChI is InChI=1S/C18H30O2.C18H15S.C17H14F4O5S.C15H19NO5/c1-5-17(3,4)16(19)20-18(6-2)14-8-12-7-13(10-14)11-15(18)9-12;1-4-10-16(11-5-1)19(17-12-6-2-7-13-17)18-14-8-3-9-15-18;1-3-8(2)9-4-6-10(7-5-9)17(22)26-15-11(18)13(20)16(27(23,24)25)14(21)12(15)19;1-4-14(2,3)12(18)20-9-7-5-8-10(9)21-13(19)15(8,6-16)11(7)17/h12-15H,5-11H2,1-4H3;1-15H;4-8H,3H2,1-2H3,(H,23,24,25);7-11,17H,4-5H2,1-3H3/q;+1;;/p-1. The molecule has 19 heteroatoms. The third-order valence-electron chi connectivity index (χ3n) is 19.3. The molecule has 5 aromatic carbocycles. The quantitative estimate of drug-likeness (QED) is 0.0197. The summed E-state index contributed by atoms with van der Waals surface area (Å²) in [6.07, 6.45) is 8.11. The Bertz CT molecular complexity index is 3300. The van der Waals surface area contributed by atoms with Crippen molar-refractivity contribution in [1.29, 1.82) is 5.26 Å². The fourth-order valence-electron chi connectivity index (χ4n) is 13.3. The van der Waals surface area contributed by atoms with Crippen LogP contribution < -0.4 is 4.74 Å². The fraction of sp³-hybridized carbons (Fsp3) is 0.485. The molecule has 6 saturated carbocycles. The number of fused-ring (bicyclic) bond motifs is 1. The molecule has 0 amide bonds. The molecule has 5 aromatic rings. The maximum atomic E-state index is 13.9. The average molecular weight is 1240 g/mol. The van der Waals surface area contributed by atoms with E-state index in [4.69, 9.17) is 14.2 Å². The van der Waals surface area contributed by atoms with Gasteiger partial charge in [-0.15, -0.1) is 0 Å². The molecule has 466 valence electrons. The Labute approximate surface area is 510 Å². The van der Waals surface area contributed by atoms with E-state index >= 15 is 0 Å². The smallest absolute Gasteiger partial charge is 0.343 e. The number of hydrogen-bond acceptors (Lipinski definition) is 13. The number of aliphatic hydroxyl groups excluding tert-OH is 1. The maximum absolute atomic E-state index is 13.9. The number of hydrogen-bond donors (Lipinski definition) is 1. The van der Waals surface area contributed by atoms with Crippen molar-refractivity contribution in [2.75, 3.05) is 0 Å². The second-order valence-electron chi connectivity index (χ2n) is 25.1. The number of benzene rings is 5. The summed E-state index contributed by atoms with van der Waals surface area (Å²) in [4.78, 5) is 50.6. The molecular formula is C68H77F4NO12S2. The Kier molecular flexibility index (Phi) is 20.3. The van der Waals surface area contributed by atoms with Gasteiger partial charge in [-0.3, -0.25) is 14.4 Å². The molecule has 13 nitrogen and oxygen atoms in total. The molecule has 7 aliphatic rings. The highest BCUT2D eigenvalue weighted by molar-refractivity contribution is 7.97.